The molecule has 1 saturated heterocycles. The van der Waals surface area contributed by atoms with Crippen molar-refractivity contribution in [1.29, 1.82) is 0 Å². The van der Waals surface area contributed by atoms with Crippen molar-refractivity contribution in [2.24, 2.45) is 11.7 Å². The average molecular weight is 468 g/mol. The van der Waals surface area contributed by atoms with Gasteiger partial charge in [0.25, 0.3) is 0 Å². The van der Waals surface area contributed by atoms with Crippen molar-refractivity contribution in [1.82, 2.24) is 24.4 Å². The van der Waals surface area contributed by atoms with Gasteiger partial charge in [-0.05, 0) is 50.2 Å². The van der Waals surface area contributed by atoms with E-state index in [2.05, 4.69) is 51.8 Å². The maximum Gasteiger partial charge on any atom is 0.204 e. The second-order valence-corrected chi connectivity index (χ2v) is 10.2. The summed E-state index contributed by atoms with van der Waals surface area (Å²) in [4.78, 5) is 16.8. The van der Waals surface area contributed by atoms with Crippen LogP contribution in [0.5, 0.6) is 0 Å². The minimum Gasteiger partial charge on any atom is -0.353 e. The van der Waals surface area contributed by atoms with Crippen molar-refractivity contribution in [3.05, 3.63) is 47.0 Å². The summed E-state index contributed by atoms with van der Waals surface area (Å²) < 4.78 is 2.33. The predicted molar refractivity (Wildman–Crippen MR) is 134 cm³/mol. The molecule has 2 aromatic heterocycles. The SMILES string of the molecule is CC(C)C(N)CN1CCC(Nc2nc3ccccc3n2C2CCCc3ncc(Cl)nc32)CC1. The van der Waals surface area contributed by atoms with Gasteiger partial charge >= 0.3 is 0 Å². The van der Waals surface area contributed by atoms with Crippen LogP contribution in [0.1, 0.15) is 57.0 Å². The number of benzene rings is 1. The zero-order chi connectivity index (χ0) is 22.9. The van der Waals surface area contributed by atoms with E-state index in [0.717, 1.165) is 80.1 Å². The molecule has 0 bridgehead atoms. The number of aryl methyl sites for hydroxylation is 1. The van der Waals surface area contributed by atoms with Gasteiger partial charge in [-0.1, -0.05) is 37.6 Å². The molecule has 0 saturated carbocycles. The van der Waals surface area contributed by atoms with Gasteiger partial charge in [-0.2, -0.15) is 0 Å². The summed E-state index contributed by atoms with van der Waals surface area (Å²) in [5, 5.41) is 4.24. The van der Waals surface area contributed by atoms with E-state index >= 15 is 0 Å². The van der Waals surface area contributed by atoms with Crippen molar-refractivity contribution in [3.8, 4) is 0 Å². The molecule has 7 nitrogen and oxygen atoms in total. The fourth-order valence-corrected chi connectivity index (χ4v) is 5.27. The number of likely N-dealkylation sites (tertiary alicyclic amines) is 1. The van der Waals surface area contributed by atoms with Gasteiger partial charge in [-0.15, -0.1) is 0 Å². The molecule has 2 aliphatic rings. The monoisotopic (exact) mass is 467 g/mol. The molecule has 1 aliphatic heterocycles. The number of nitrogens with zero attached hydrogens (tertiary/aromatic N) is 5. The number of hydrogen-bond donors (Lipinski definition) is 2. The minimum absolute atomic E-state index is 0.0824. The molecule has 0 amide bonds. The number of aromatic nitrogens is 4. The van der Waals surface area contributed by atoms with Gasteiger partial charge in [0, 0.05) is 31.7 Å². The smallest absolute Gasteiger partial charge is 0.204 e. The van der Waals surface area contributed by atoms with Crippen molar-refractivity contribution >= 4 is 28.6 Å². The number of anilines is 1. The first-order chi connectivity index (χ1) is 16.0. The van der Waals surface area contributed by atoms with Crippen LogP contribution < -0.4 is 11.1 Å². The maximum atomic E-state index is 6.31. The van der Waals surface area contributed by atoms with Crippen LogP contribution in [0.4, 0.5) is 5.95 Å². The Hall–Kier alpha value is -2.22. The summed E-state index contributed by atoms with van der Waals surface area (Å²) in [6.45, 7) is 7.49. The van der Waals surface area contributed by atoms with Crippen molar-refractivity contribution < 1.29 is 0 Å². The Morgan fingerprint density at radius 2 is 1.94 bits per heavy atom. The Kier molecular flexibility index (Phi) is 6.54. The second kappa shape index (κ2) is 9.57. The highest BCUT2D eigenvalue weighted by Crippen LogP contribution is 2.36. The molecule has 1 aliphatic carbocycles. The van der Waals surface area contributed by atoms with Crippen molar-refractivity contribution in [3.63, 3.8) is 0 Å². The van der Waals surface area contributed by atoms with Crippen LogP contribution in [0.2, 0.25) is 5.15 Å². The summed E-state index contributed by atoms with van der Waals surface area (Å²) in [6, 6.07) is 9.06. The molecule has 3 aromatic rings. The molecule has 1 aromatic carbocycles. The lowest BCUT2D eigenvalue weighted by atomic mass is 9.95. The summed E-state index contributed by atoms with van der Waals surface area (Å²) in [5.74, 6) is 1.43. The second-order valence-electron chi connectivity index (χ2n) is 9.85. The van der Waals surface area contributed by atoms with E-state index in [4.69, 9.17) is 27.3 Å². The standard InChI is InChI=1S/C25H34ClN7/c1-16(2)18(27)15-32-12-10-17(11-13-32)29-25-30-19-6-3-4-8-21(19)33(25)22-9-5-7-20-24(22)31-23(26)14-28-20/h3-4,6,8,14,16-18,22H,5,7,9-13,15,27H2,1-2H3,(H,29,30). The van der Waals surface area contributed by atoms with Crippen molar-refractivity contribution in [2.45, 2.75) is 64.1 Å². The Morgan fingerprint density at radius 3 is 2.73 bits per heavy atom. The minimum atomic E-state index is 0.0824. The molecular formula is C25H34ClN7. The largest absolute Gasteiger partial charge is 0.353 e. The lowest BCUT2D eigenvalue weighted by molar-refractivity contribution is 0.194. The molecule has 0 radical (unpaired) electrons. The quantitative estimate of drug-likeness (QED) is 0.563. The zero-order valence-electron chi connectivity index (χ0n) is 19.5. The summed E-state index contributed by atoms with van der Waals surface area (Å²) >= 11 is 6.26. The summed E-state index contributed by atoms with van der Waals surface area (Å²) in [5.41, 5.74) is 10.5. The van der Waals surface area contributed by atoms with Crippen LogP contribution >= 0.6 is 11.6 Å². The summed E-state index contributed by atoms with van der Waals surface area (Å²) in [6.07, 6.45) is 6.86. The fourth-order valence-electron chi connectivity index (χ4n) is 5.13. The van der Waals surface area contributed by atoms with Crippen LogP contribution in [0.15, 0.2) is 30.5 Å². The highest BCUT2D eigenvalue weighted by molar-refractivity contribution is 6.29. The fraction of sp³-hybridized carbons (Fsp3) is 0.560. The number of rotatable bonds is 6. The van der Waals surface area contributed by atoms with E-state index in [1.54, 1.807) is 6.20 Å². The van der Waals surface area contributed by atoms with Crippen LogP contribution in [0.25, 0.3) is 11.0 Å². The van der Waals surface area contributed by atoms with Gasteiger partial charge in [-0.3, -0.25) is 4.98 Å². The van der Waals surface area contributed by atoms with E-state index in [0.29, 0.717) is 17.1 Å². The topological polar surface area (TPSA) is 84.9 Å². The third-order valence-electron chi connectivity index (χ3n) is 7.21. The number of fused-ring (bicyclic) bond motifs is 2. The van der Waals surface area contributed by atoms with Gasteiger partial charge in [0.2, 0.25) is 5.95 Å². The molecule has 0 spiro atoms. The predicted octanol–water partition coefficient (Wildman–Crippen LogP) is 4.27. The lowest BCUT2D eigenvalue weighted by Crippen LogP contribution is -2.46. The van der Waals surface area contributed by atoms with Gasteiger partial charge in [0.15, 0.2) is 0 Å². The normalized spacial score (nSPS) is 20.8. The Bertz CT molecular complexity index is 1100. The summed E-state index contributed by atoms with van der Waals surface area (Å²) in [7, 11) is 0. The lowest BCUT2D eigenvalue weighted by Gasteiger charge is -2.35. The Labute approximate surface area is 200 Å². The van der Waals surface area contributed by atoms with Gasteiger partial charge < -0.3 is 20.5 Å². The number of imidazole rings is 1. The van der Waals surface area contributed by atoms with Crippen LogP contribution in [-0.2, 0) is 6.42 Å². The van der Waals surface area contributed by atoms with E-state index in [-0.39, 0.29) is 12.1 Å². The van der Waals surface area contributed by atoms with E-state index in [9.17, 15) is 0 Å². The van der Waals surface area contributed by atoms with E-state index < -0.39 is 0 Å². The number of para-hydroxylation sites is 2. The number of nitrogens with one attached hydrogen (secondary N) is 1. The molecule has 3 N–H and O–H groups in total. The van der Waals surface area contributed by atoms with Crippen LogP contribution in [0, 0.1) is 5.92 Å². The first-order valence-corrected chi connectivity index (χ1v) is 12.6. The molecule has 176 valence electrons. The molecule has 5 rings (SSSR count). The maximum absolute atomic E-state index is 6.31. The third kappa shape index (κ3) is 4.72. The Balaban J connectivity index is 1.40. The molecule has 2 unspecified atom stereocenters. The molecular weight excluding hydrogens is 434 g/mol. The third-order valence-corrected chi connectivity index (χ3v) is 7.39. The molecule has 8 heteroatoms. The van der Waals surface area contributed by atoms with E-state index in [1.807, 2.05) is 6.07 Å². The highest BCUT2D eigenvalue weighted by atomic mass is 35.5. The number of halogens is 1. The van der Waals surface area contributed by atoms with Gasteiger partial charge in [-0.25, -0.2) is 9.97 Å². The number of piperidine rings is 1. The molecule has 3 heterocycles. The van der Waals surface area contributed by atoms with E-state index in [1.165, 1.54) is 0 Å². The average Bonchev–Trinajstić information content (AvgIpc) is 3.17. The van der Waals surface area contributed by atoms with Crippen LogP contribution in [0.3, 0.4) is 0 Å². The Morgan fingerprint density at radius 1 is 1.15 bits per heavy atom. The molecule has 1 fully saturated rings. The molecule has 2 atom stereocenters. The highest BCUT2D eigenvalue weighted by Gasteiger charge is 2.30. The number of nitrogens with two attached hydrogens (primary N) is 1. The number of hydrogen-bond acceptors (Lipinski definition) is 6. The zero-order valence-corrected chi connectivity index (χ0v) is 20.3. The van der Waals surface area contributed by atoms with Crippen molar-refractivity contribution in [2.75, 3.05) is 25.0 Å². The molecule has 33 heavy (non-hydrogen) atoms. The van der Waals surface area contributed by atoms with Crippen LogP contribution in [-0.4, -0.2) is 56.1 Å². The first-order valence-electron chi connectivity index (χ1n) is 12.2. The first kappa shape index (κ1) is 22.6. The van der Waals surface area contributed by atoms with Gasteiger partial charge in [0.1, 0.15) is 5.15 Å². The van der Waals surface area contributed by atoms with Gasteiger partial charge in [0.05, 0.1) is 34.7 Å².